The summed E-state index contributed by atoms with van der Waals surface area (Å²) in [6.07, 6.45) is 1.93. The molecule has 0 fully saturated rings. The molecule has 1 atom stereocenters. The summed E-state index contributed by atoms with van der Waals surface area (Å²) in [7, 11) is -3.59. The maximum absolute atomic E-state index is 12.2. The number of carbonyl (C=O) groups is 2. The van der Waals surface area contributed by atoms with Crippen LogP contribution in [0.25, 0.3) is 0 Å². The van der Waals surface area contributed by atoms with Crippen LogP contribution in [0.3, 0.4) is 0 Å². The molecule has 0 aromatic heterocycles. The number of nitrogens with one attached hydrogen (secondary N) is 1. The highest BCUT2D eigenvalue weighted by molar-refractivity contribution is 7.90. The van der Waals surface area contributed by atoms with Crippen LogP contribution in [0.2, 0.25) is 0 Å². The van der Waals surface area contributed by atoms with E-state index in [1.807, 2.05) is 18.2 Å². The molecule has 0 aliphatic rings. The molecule has 0 aliphatic carbocycles. The molecule has 2 rings (SSSR count). The third-order valence-electron chi connectivity index (χ3n) is 4.22. The summed E-state index contributed by atoms with van der Waals surface area (Å²) in [6, 6.07) is 13.2. The van der Waals surface area contributed by atoms with Crippen molar-refractivity contribution < 1.29 is 22.7 Å². The summed E-state index contributed by atoms with van der Waals surface area (Å²) < 4.78 is 28.6. The summed E-state index contributed by atoms with van der Waals surface area (Å²) in [4.78, 5) is 24.3. The van der Waals surface area contributed by atoms with Gasteiger partial charge >= 0.3 is 5.97 Å². The van der Waals surface area contributed by atoms with E-state index in [9.17, 15) is 18.0 Å². The van der Waals surface area contributed by atoms with Gasteiger partial charge in [0, 0.05) is 11.9 Å². The van der Waals surface area contributed by atoms with Crippen molar-refractivity contribution in [1.82, 2.24) is 0 Å². The summed E-state index contributed by atoms with van der Waals surface area (Å²) in [5.41, 5.74) is 1.58. The molecule has 0 saturated carbocycles. The standard InChI is InChI=1S/C20H23NO5S/c1-4-14(2)15-9-5-7-11-17(15)21-19(22)13-26-20(23)16-10-6-8-12-18(16)27(3,24)25/h5-12,14H,4,13H2,1-3H3,(H,21,22)/t14-/m1/s1. The summed E-state index contributed by atoms with van der Waals surface area (Å²) >= 11 is 0. The Kier molecular flexibility index (Phi) is 6.74. The zero-order valence-electron chi connectivity index (χ0n) is 15.6. The predicted molar refractivity (Wildman–Crippen MR) is 104 cm³/mol. The third kappa shape index (κ3) is 5.40. The fraction of sp³-hybridized carbons (Fsp3) is 0.300. The van der Waals surface area contributed by atoms with Gasteiger partial charge in [-0.1, -0.05) is 44.2 Å². The molecule has 0 radical (unpaired) electrons. The zero-order valence-corrected chi connectivity index (χ0v) is 16.4. The number of carbonyl (C=O) groups excluding carboxylic acids is 2. The van der Waals surface area contributed by atoms with Gasteiger partial charge in [-0.3, -0.25) is 4.79 Å². The Morgan fingerprint density at radius 3 is 2.37 bits per heavy atom. The molecule has 0 aliphatic heterocycles. The lowest BCUT2D eigenvalue weighted by molar-refractivity contribution is -0.119. The van der Waals surface area contributed by atoms with Crippen LogP contribution in [0.5, 0.6) is 0 Å². The van der Waals surface area contributed by atoms with Crippen LogP contribution < -0.4 is 5.32 Å². The van der Waals surface area contributed by atoms with Crippen molar-refractivity contribution in [3.8, 4) is 0 Å². The Labute approximate surface area is 159 Å². The average molecular weight is 389 g/mol. The lowest BCUT2D eigenvalue weighted by atomic mass is 9.97. The number of rotatable bonds is 7. The zero-order chi connectivity index (χ0) is 20.0. The van der Waals surface area contributed by atoms with Crippen LogP contribution in [0.1, 0.15) is 42.1 Å². The molecule has 0 heterocycles. The number of hydrogen-bond donors (Lipinski definition) is 1. The number of para-hydroxylation sites is 1. The van der Waals surface area contributed by atoms with E-state index in [-0.39, 0.29) is 16.4 Å². The van der Waals surface area contributed by atoms with Crippen molar-refractivity contribution in [1.29, 1.82) is 0 Å². The fourth-order valence-corrected chi connectivity index (χ4v) is 3.49. The highest BCUT2D eigenvalue weighted by Gasteiger charge is 2.20. The van der Waals surface area contributed by atoms with Gasteiger partial charge in [0.1, 0.15) is 0 Å². The SMILES string of the molecule is CC[C@@H](C)c1ccccc1NC(=O)COC(=O)c1ccccc1S(C)(=O)=O. The number of amides is 1. The number of anilines is 1. The Morgan fingerprint density at radius 2 is 1.70 bits per heavy atom. The highest BCUT2D eigenvalue weighted by Crippen LogP contribution is 2.26. The van der Waals surface area contributed by atoms with Crippen molar-refractivity contribution in [3.05, 3.63) is 59.7 Å². The quantitative estimate of drug-likeness (QED) is 0.733. The van der Waals surface area contributed by atoms with Crippen LogP contribution in [-0.4, -0.2) is 33.2 Å². The molecule has 6 nitrogen and oxygen atoms in total. The first-order chi connectivity index (χ1) is 12.7. The molecule has 0 saturated heterocycles. The van der Waals surface area contributed by atoms with Crippen LogP contribution in [0, 0.1) is 0 Å². The second-order valence-corrected chi connectivity index (χ2v) is 8.27. The minimum absolute atomic E-state index is 0.0900. The van der Waals surface area contributed by atoms with E-state index in [1.54, 1.807) is 6.07 Å². The van der Waals surface area contributed by atoms with E-state index >= 15 is 0 Å². The fourth-order valence-electron chi connectivity index (χ4n) is 2.61. The first-order valence-electron chi connectivity index (χ1n) is 8.59. The smallest absolute Gasteiger partial charge is 0.339 e. The maximum Gasteiger partial charge on any atom is 0.339 e. The lowest BCUT2D eigenvalue weighted by Gasteiger charge is -2.15. The van der Waals surface area contributed by atoms with Crippen LogP contribution in [0.4, 0.5) is 5.69 Å². The second kappa shape index (κ2) is 8.81. The Balaban J connectivity index is 2.07. The minimum Gasteiger partial charge on any atom is -0.452 e. The first kappa shape index (κ1) is 20.6. The maximum atomic E-state index is 12.2. The molecule has 2 aromatic carbocycles. The molecule has 2 aromatic rings. The minimum atomic E-state index is -3.59. The topological polar surface area (TPSA) is 89.5 Å². The van der Waals surface area contributed by atoms with E-state index in [0.717, 1.165) is 18.2 Å². The van der Waals surface area contributed by atoms with Gasteiger partial charge in [-0.15, -0.1) is 0 Å². The van der Waals surface area contributed by atoms with Gasteiger partial charge in [0.05, 0.1) is 10.5 Å². The largest absolute Gasteiger partial charge is 0.452 e. The summed E-state index contributed by atoms with van der Waals surface area (Å²) in [6.45, 7) is 3.61. The van der Waals surface area contributed by atoms with E-state index in [1.165, 1.54) is 24.3 Å². The Morgan fingerprint density at radius 1 is 1.07 bits per heavy atom. The van der Waals surface area contributed by atoms with Crippen molar-refractivity contribution >= 4 is 27.4 Å². The van der Waals surface area contributed by atoms with Gasteiger partial charge < -0.3 is 10.1 Å². The lowest BCUT2D eigenvalue weighted by Crippen LogP contribution is -2.22. The Bertz CT molecular complexity index is 937. The van der Waals surface area contributed by atoms with Crippen LogP contribution in [0.15, 0.2) is 53.4 Å². The summed E-state index contributed by atoms with van der Waals surface area (Å²) in [5, 5.41) is 2.74. The monoisotopic (exact) mass is 389 g/mol. The number of benzene rings is 2. The molecule has 7 heteroatoms. The third-order valence-corrected chi connectivity index (χ3v) is 5.37. The van der Waals surface area contributed by atoms with E-state index < -0.39 is 28.3 Å². The van der Waals surface area contributed by atoms with E-state index in [2.05, 4.69) is 19.2 Å². The number of hydrogen-bond acceptors (Lipinski definition) is 5. The molecule has 1 amide bonds. The molecular formula is C20H23NO5S. The molecule has 0 bridgehead atoms. The van der Waals surface area contributed by atoms with Crippen LogP contribution in [-0.2, 0) is 19.4 Å². The van der Waals surface area contributed by atoms with Gasteiger partial charge in [0.25, 0.3) is 5.91 Å². The second-order valence-electron chi connectivity index (χ2n) is 6.29. The molecule has 1 N–H and O–H groups in total. The predicted octanol–water partition coefficient (Wildman–Crippen LogP) is 3.40. The normalized spacial score (nSPS) is 12.3. The Hall–Kier alpha value is -2.67. The molecule has 0 spiro atoms. The van der Waals surface area contributed by atoms with Crippen molar-refractivity contribution in [2.24, 2.45) is 0 Å². The van der Waals surface area contributed by atoms with Gasteiger partial charge in [-0.05, 0) is 36.1 Å². The van der Waals surface area contributed by atoms with E-state index in [0.29, 0.717) is 5.69 Å². The van der Waals surface area contributed by atoms with Crippen molar-refractivity contribution in [2.45, 2.75) is 31.1 Å². The van der Waals surface area contributed by atoms with Gasteiger partial charge in [-0.25, -0.2) is 13.2 Å². The van der Waals surface area contributed by atoms with E-state index in [4.69, 9.17) is 4.74 Å². The number of sulfone groups is 1. The summed E-state index contributed by atoms with van der Waals surface area (Å²) in [5.74, 6) is -1.08. The molecule has 27 heavy (non-hydrogen) atoms. The highest BCUT2D eigenvalue weighted by atomic mass is 32.2. The van der Waals surface area contributed by atoms with Gasteiger partial charge in [0.15, 0.2) is 16.4 Å². The number of esters is 1. The number of ether oxygens (including phenoxy) is 1. The van der Waals surface area contributed by atoms with Crippen molar-refractivity contribution in [3.63, 3.8) is 0 Å². The molecule has 0 unspecified atom stereocenters. The van der Waals surface area contributed by atoms with Crippen LogP contribution >= 0.6 is 0 Å². The van der Waals surface area contributed by atoms with Gasteiger partial charge in [0.2, 0.25) is 0 Å². The first-order valence-corrected chi connectivity index (χ1v) is 10.5. The van der Waals surface area contributed by atoms with Crippen molar-refractivity contribution in [2.75, 3.05) is 18.2 Å². The molecule has 144 valence electrons. The van der Waals surface area contributed by atoms with Gasteiger partial charge in [-0.2, -0.15) is 0 Å². The average Bonchev–Trinajstić information content (AvgIpc) is 2.65. The molecular weight excluding hydrogens is 366 g/mol.